The number of rotatable bonds is 6. The largest absolute Gasteiger partial charge is 0.478 e. The van der Waals surface area contributed by atoms with Gasteiger partial charge in [0.2, 0.25) is 5.88 Å². The zero-order chi connectivity index (χ0) is 14.4. The molecule has 1 aliphatic heterocycles. The molecule has 0 atom stereocenters. The lowest BCUT2D eigenvalue weighted by Gasteiger charge is -2.33. The highest BCUT2D eigenvalue weighted by atomic mass is 16.5. The van der Waals surface area contributed by atoms with Gasteiger partial charge in [-0.2, -0.15) is 0 Å². The molecule has 20 heavy (non-hydrogen) atoms. The summed E-state index contributed by atoms with van der Waals surface area (Å²) in [7, 11) is 0. The molecular weight excluding hydrogens is 252 g/mol. The minimum Gasteiger partial charge on any atom is -0.478 e. The van der Waals surface area contributed by atoms with Gasteiger partial charge in [-0.15, -0.1) is 0 Å². The summed E-state index contributed by atoms with van der Waals surface area (Å²) in [6, 6.07) is 2.37. The van der Waals surface area contributed by atoms with E-state index in [2.05, 4.69) is 34.0 Å². The Morgan fingerprint density at radius 2 is 2.10 bits per heavy atom. The van der Waals surface area contributed by atoms with Crippen molar-refractivity contribution in [2.75, 3.05) is 31.1 Å². The van der Waals surface area contributed by atoms with Gasteiger partial charge in [0.25, 0.3) is 0 Å². The second-order valence-corrected chi connectivity index (χ2v) is 5.59. The Balaban J connectivity index is 2.08. The number of nitrogens with one attached hydrogen (secondary N) is 1. The van der Waals surface area contributed by atoms with Gasteiger partial charge in [-0.05, 0) is 52.6 Å². The van der Waals surface area contributed by atoms with Crippen molar-refractivity contribution < 1.29 is 4.74 Å². The van der Waals surface area contributed by atoms with Crippen LogP contribution in [0.15, 0.2) is 12.4 Å². The highest BCUT2D eigenvalue weighted by molar-refractivity contribution is 5.41. The predicted molar refractivity (Wildman–Crippen MR) is 81.3 cm³/mol. The highest BCUT2D eigenvalue weighted by Gasteiger charge is 2.20. The smallest absolute Gasteiger partial charge is 0.218 e. The third-order valence-electron chi connectivity index (χ3n) is 3.75. The van der Waals surface area contributed by atoms with Gasteiger partial charge in [0.15, 0.2) is 0 Å². The summed E-state index contributed by atoms with van der Waals surface area (Å²) >= 11 is 0. The molecule has 1 saturated heterocycles. The van der Waals surface area contributed by atoms with Crippen molar-refractivity contribution in [2.45, 2.75) is 39.7 Å². The zero-order valence-electron chi connectivity index (χ0n) is 12.8. The van der Waals surface area contributed by atoms with Crippen LogP contribution in [0.25, 0.3) is 0 Å². The van der Waals surface area contributed by atoms with Crippen LogP contribution in [0.5, 0.6) is 5.88 Å². The molecule has 1 N–H and O–H groups in total. The van der Waals surface area contributed by atoms with Crippen LogP contribution in [0.3, 0.4) is 0 Å². The fraction of sp³-hybridized carbons (Fsp3) is 0.733. The van der Waals surface area contributed by atoms with Crippen LogP contribution < -0.4 is 15.0 Å². The van der Waals surface area contributed by atoms with E-state index in [4.69, 9.17) is 4.74 Å². The van der Waals surface area contributed by atoms with Crippen molar-refractivity contribution in [3.05, 3.63) is 12.4 Å². The van der Waals surface area contributed by atoms with Crippen LogP contribution in [0.2, 0.25) is 0 Å². The van der Waals surface area contributed by atoms with Gasteiger partial charge in [-0.25, -0.2) is 9.97 Å². The lowest BCUT2D eigenvalue weighted by molar-refractivity contribution is 0.325. The summed E-state index contributed by atoms with van der Waals surface area (Å²) in [5.41, 5.74) is 0. The lowest BCUT2D eigenvalue weighted by Crippen LogP contribution is -2.40. The Bertz CT molecular complexity index is 405. The van der Waals surface area contributed by atoms with Gasteiger partial charge in [0.05, 0.1) is 6.61 Å². The van der Waals surface area contributed by atoms with E-state index in [9.17, 15) is 0 Å². The van der Waals surface area contributed by atoms with Crippen molar-refractivity contribution in [1.82, 2.24) is 15.3 Å². The first-order chi connectivity index (χ1) is 9.70. The van der Waals surface area contributed by atoms with Crippen LogP contribution in [0.4, 0.5) is 5.82 Å². The molecule has 0 spiro atoms. The van der Waals surface area contributed by atoms with E-state index in [1.165, 1.54) is 12.8 Å². The molecule has 1 aromatic heterocycles. The summed E-state index contributed by atoms with van der Waals surface area (Å²) in [5.74, 6) is 2.37. The molecule has 1 fully saturated rings. The van der Waals surface area contributed by atoms with Crippen LogP contribution in [-0.4, -0.2) is 42.3 Å². The molecule has 5 nitrogen and oxygen atoms in total. The van der Waals surface area contributed by atoms with Crippen LogP contribution >= 0.6 is 0 Å². The molecule has 0 unspecified atom stereocenters. The van der Waals surface area contributed by atoms with E-state index in [0.717, 1.165) is 31.4 Å². The number of hydrogen-bond acceptors (Lipinski definition) is 5. The Hall–Kier alpha value is -1.36. The predicted octanol–water partition coefficient (Wildman–Crippen LogP) is 2.09. The molecule has 5 heteroatoms. The molecule has 0 saturated carbocycles. The molecule has 0 radical (unpaired) electrons. The molecule has 112 valence electrons. The number of piperidine rings is 1. The first-order valence-electron chi connectivity index (χ1n) is 7.63. The average Bonchev–Trinajstić information content (AvgIpc) is 2.46. The van der Waals surface area contributed by atoms with Crippen LogP contribution in [-0.2, 0) is 0 Å². The van der Waals surface area contributed by atoms with Crippen molar-refractivity contribution in [2.24, 2.45) is 5.92 Å². The molecular formula is C15H26N4O. The first kappa shape index (κ1) is 15.0. The normalized spacial score (nSPS) is 16.4. The van der Waals surface area contributed by atoms with Crippen molar-refractivity contribution >= 4 is 5.82 Å². The quantitative estimate of drug-likeness (QED) is 0.863. The zero-order valence-corrected chi connectivity index (χ0v) is 12.8. The van der Waals surface area contributed by atoms with E-state index in [1.807, 2.05) is 13.0 Å². The maximum absolute atomic E-state index is 5.48. The fourth-order valence-corrected chi connectivity index (χ4v) is 2.63. The number of aromatic nitrogens is 2. The van der Waals surface area contributed by atoms with Gasteiger partial charge < -0.3 is 15.0 Å². The topological polar surface area (TPSA) is 50.3 Å². The van der Waals surface area contributed by atoms with Crippen molar-refractivity contribution in [3.63, 3.8) is 0 Å². The lowest BCUT2D eigenvalue weighted by atomic mass is 9.97. The fourth-order valence-electron chi connectivity index (χ4n) is 2.63. The molecule has 0 aliphatic carbocycles. The first-order valence-corrected chi connectivity index (χ1v) is 7.63. The molecule has 2 heterocycles. The van der Waals surface area contributed by atoms with E-state index in [1.54, 1.807) is 6.33 Å². The number of anilines is 1. The second kappa shape index (κ2) is 7.43. The van der Waals surface area contributed by atoms with Crippen LogP contribution in [0.1, 0.15) is 33.6 Å². The monoisotopic (exact) mass is 278 g/mol. The molecule has 2 rings (SSSR count). The Kier molecular flexibility index (Phi) is 5.59. The van der Waals surface area contributed by atoms with Gasteiger partial charge in [-0.3, -0.25) is 0 Å². The van der Waals surface area contributed by atoms with Gasteiger partial charge in [0, 0.05) is 18.7 Å². The Labute approximate surface area is 121 Å². The SMILES string of the molecule is CCOc1cc(N(CC2CCNCC2)C(C)C)ncn1. The highest BCUT2D eigenvalue weighted by Crippen LogP contribution is 2.22. The summed E-state index contributed by atoms with van der Waals surface area (Å²) in [6.45, 7) is 10.3. The third kappa shape index (κ3) is 4.07. The summed E-state index contributed by atoms with van der Waals surface area (Å²) in [6.07, 6.45) is 4.08. The van der Waals surface area contributed by atoms with Crippen molar-refractivity contribution in [3.8, 4) is 5.88 Å². The summed E-state index contributed by atoms with van der Waals surface area (Å²) < 4.78 is 5.48. The maximum Gasteiger partial charge on any atom is 0.218 e. The molecule has 1 aromatic rings. The van der Waals surface area contributed by atoms with Gasteiger partial charge in [-0.1, -0.05) is 0 Å². The average molecular weight is 278 g/mol. The standard InChI is InChI=1S/C15H26N4O/c1-4-20-15-9-14(17-11-18-15)19(12(2)3)10-13-5-7-16-8-6-13/h9,11-13,16H,4-8,10H2,1-3H3. The number of nitrogens with zero attached hydrogens (tertiary/aromatic N) is 3. The Morgan fingerprint density at radius 1 is 1.35 bits per heavy atom. The van der Waals surface area contributed by atoms with E-state index in [0.29, 0.717) is 18.5 Å². The Morgan fingerprint density at radius 3 is 2.75 bits per heavy atom. The maximum atomic E-state index is 5.48. The third-order valence-corrected chi connectivity index (χ3v) is 3.75. The molecule has 0 bridgehead atoms. The van der Waals surface area contributed by atoms with E-state index in [-0.39, 0.29) is 0 Å². The van der Waals surface area contributed by atoms with Gasteiger partial charge in [0.1, 0.15) is 12.1 Å². The molecule has 1 aliphatic rings. The molecule has 0 amide bonds. The summed E-state index contributed by atoms with van der Waals surface area (Å²) in [5, 5.41) is 3.42. The molecule has 0 aromatic carbocycles. The van der Waals surface area contributed by atoms with E-state index < -0.39 is 0 Å². The second-order valence-electron chi connectivity index (χ2n) is 5.59. The summed E-state index contributed by atoms with van der Waals surface area (Å²) in [4.78, 5) is 10.9. The number of ether oxygens (including phenoxy) is 1. The minimum absolute atomic E-state index is 0.425. The van der Waals surface area contributed by atoms with Crippen LogP contribution in [0, 0.1) is 5.92 Å². The van der Waals surface area contributed by atoms with E-state index >= 15 is 0 Å². The van der Waals surface area contributed by atoms with Crippen molar-refractivity contribution in [1.29, 1.82) is 0 Å². The van der Waals surface area contributed by atoms with Gasteiger partial charge >= 0.3 is 0 Å². The minimum atomic E-state index is 0.425. The number of hydrogen-bond donors (Lipinski definition) is 1.